The average Bonchev–Trinajstić information content (AvgIpc) is 2.27. The Morgan fingerprint density at radius 3 is 2.26 bits per heavy atom. The zero-order valence-electron chi connectivity index (χ0n) is 11.6. The molecular formula is C14H21NO3S. The van der Waals surface area contributed by atoms with Crippen LogP contribution in [0, 0.1) is 5.92 Å². The molecule has 106 valence electrons. The van der Waals surface area contributed by atoms with E-state index < -0.39 is 9.84 Å². The largest absolute Gasteiger partial charge is 0.352 e. The minimum absolute atomic E-state index is 0.00223. The lowest BCUT2D eigenvalue weighted by molar-refractivity contribution is 0.0952. The molecule has 1 aromatic carbocycles. The Bertz CT molecular complexity index is 518. The van der Waals surface area contributed by atoms with Gasteiger partial charge in [-0.1, -0.05) is 26.0 Å². The second-order valence-electron chi connectivity index (χ2n) is 5.21. The quantitative estimate of drug-likeness (QED) is 0.868. The van der Waals surface area contributed by atoms with Crippen molar-refractivity contribution in [2.45, 2.75) is 26.0 Å². The van der Waals surface area contributed by atoms with E-state index in [1.165, 1.54) is 6.26 Å². The van der Waals surface area contributed by atoms with E-state index in [9.17, 15) is 13.2 Å². The highest BCUT2D eigenvalue weighted by atomic mass is 32.2. The molecule has 0 heterocycles. The van der Waals surface area contributed by atoms with Crippen LogP contribution in [0.25, 0.3) is 0 Å². The molecule has 0 radical (unpaired) electrons. The lowest BCUT2D eigenvalue weighted by Crippen LogP contribution is -2.25. The van der Waals surface area contributed by atoms with Gasteiger partial charge in [0.25, 0.3) is 5.91 Å². The first-order chi connectivity index (χ1) is 8.78. The van der Waals surface area contributed by atoms with Crippen molar-refractivity contribution in [1.82, 2.24) is 5.32 Å². The maximum atomic E-state index is 11.8. The first-order valence-corrected chi connectivity index (χ1v) is 8.39. The van der Waals surface area contributed by atoms with Crippen molar-refractivity contribution in [3.63, 3.8) is 0 Å². The average molecular weight is 283 g/mol. The van der Waals surface area contributed by atoms with Gasteiger partial charge < -0.3 is 5.32 Å². The van der Waals surface area contributed by atoms with E-state index in [4.69, 9.17) is 0 Å². The van der Waals surface area contributed by atoms with Crippen LogP contribution in [0.15, 0.2) is 24.3 Å². The summed E-state index contributed by atoms with van der Waals surface area (Å²) >= 11 is 0. The van der Waals surface area contributed by atoms with Crippen molar-refractivity contribution in [1.29, 1.82) is 0 Å². The monoisotopic (exact) mass is 283 g/mol. The third-order valence-electron chi connectivity index (χ3n) is 2.65. The van der Waals surface area contributed by atoms with E-state index in [0.717, 1.165) is 6.42 Å². The van der Waals surface area contributed by atoms with Gasteiger partial charge in [0.15, 0.2) is 9.84 Å². The van der Waals surface area contributed by atoms with Crippen LogP contribution in [0.5, 0.6) is 0 Å². The summed E-state index contributed by atoms with van der Waals surface area (Å²) in [6.07, 6.45) is 2.14. The van der Waals surface area contributed by atoms with Crippen molar-refractivity contribution < 1.29 is 13.2 Å². The topological polar surface area (TPSA) is 63.2 Å². The fraction of sp³-hybridized carbons (Fsp3) is 0.500. The van der Waals surface area contributed by atoms with Gasteiger partial charge in [-0.3, -0.25) is 4.79 Å². The molecule has 0 saturated heterocycles. The Hall–Kier alpha value is -1.36. The molecule has 1 aromatic rings. The first kappa shape index (κ1) is 15.7. The smallest absolute Gasteiger partial charge is 0.251 e. The second kappa shape index (κ2) is 6.70. The third-order valence-corrected chi connectivity index (χ3v) is 3.51. The first-order valence-electron chi connectivity index (χ1n) is 6.33. The van der Waals surface area contributed by atoms with E-state index in [0.29, 0.717) is 23.6 Å². The van der Waals surface area contributed by atoms with E-state index >= 15 is 0 Å². The third kappa shape index (κ3) is 6.38. The summed E-state index contributed by atoms with van der Waals surface area (Å²) in [7, 11) is -3.03. The molecule has 1 rings (SSSR count). The van der Waals surface area contributed by atoms with E-state index in [1.54, 1.807) is 24.3 Å². The number of hydrogen-bond donors (Lipinski definition) is 1. The van der Waals surface area contributed by atoms with Crippen LogP contribution >= 0.6 is 0 Å². The maximum absolute atomic E-state index is 11.8. The molecule has 0 aromatic heterocycles. The van der Waals surface area contributed by atoms with Crippen molar-refractivity contribution in [3.8, 4) is 0 Å². The normalized spacial score (nSPS) is 11.6. The van der Waals surface area contributed by atoms with Crippen molar-refractivity contribution in [3.05, 3.63) is 35.4 Å². The summed E-state index contributed by atoms with van der Waals surface area (Å²) in [6, 6.07) is 6.67. The number of sulfone groups is 1. The van der Waals surface area contributed by atoms with Gasteiger partial charge >= 0.3 is 0 Å². The summed E-state index contributed by atoms with van der Waals surface area (Å²) in [5, 5.41) is 2.84. The number of benzene rings is 1. The van der Waals surface area contributed by atoms with Crippen LogP contribution in [-0.4, -0.2) is 27.1 Å². The van der Waals surface area contributed by atoms with Gasteiger partial charge in [0.2, 0.25) is 0 Å². The predicted molar refractivity (Wildman–Crippen MR) is 76.8 cm³/mol. The summed E-state index contributed by atoms with van der Waals surface area (Å²) in [5.74, 6) is 0.436. The Morgan fingerprint density at radius 1 is 1.21 bits per heavy atom. The highest BCUT2D eigenvalue weighted by Crippen LogP contribution is 2.08. The van der Waals surface area contributed by atoms with Crippen LogP contribution in [0.2, 0.25) is 0 Å². The van der Waals surface area contributed by atoms with E-state index in [2.05, 4.69) is 19.2 Å². The Morgan fingerprint density at radius 2 is 1.79 bits per heavy atom. The number of carbonyl (C=O) groups excluding carboxylic acids is 1. The lowest BCUT2D eigenvalue weighted by atomic mass is 10.1. The highest BCUT2D eigenvalue weighted by molar-refractivity contribution is 7.89. The van der Waals surface area contributed by atoms with E-state index in [-0.39, 0.29) is 11.7 Å². The molecule has 0 aliphatic heterocycles. The summed E-state index contributed by atoms with van der Waals surface area (Å²) < 4.78 is 22.3. The number of hydrogen-bond acceptors (Lipinski definition) is 3. The number of carbonyl (C=O) groups is 1. The molecule has 1 N–H and O–H groups in total. The summed E-state index contributed by atoms with van der Waals surface area (Å²) in [4.78, 5) is 11.8. The van der Waals surface area contributed by atoms with Crippen LogP contribution in [0.4, 0.5) is 0 Å². The molecular weight excluding hydrogens is 262 g/mol. The molecule has 4 nitrogen and oxygen atoms in total. The molecule has 19 heavy (non-hydrogen) atoms. The maximum Gasteiger partial charge on any atom is 0.251 e. The Balaban J connectivity index is 2.58. The fourth-order valence-electron chi connectivity index (χ4n) is 1.63. The van der Waals surface area contributed by atoms with Crippen molar-refractivity contribution in [2.24, 2.45) is 5.92 Å². The van der Waals surface area contributed by atoms with Crippen molar-refractivity contribution in [2.75, 3.05) is 12.8 Å². The molecule has 0 atom stereocenters. The van der Waals surface area contributed by atoms with Crippen LogP contribution in [-0.2, 0) is 15.6 Å². The van der Waals surface area contributed by atoms with Gasteiger partial charge in [-0.05, 0) is 30.0 Å². The van der Waals surface area contributed by atoms with E-state index in [1.807, 2.05) is 0 Å². The van der Waals surface area contributed by atoms with Gasteiger partial charge in [-0.15, -0.1) is 0 Å². The van der Waals surface area contributed by atoms with Gasteiger partial charge in [0.05, 0.1) is 5.75 Å². The lowest BCUT2D eigenvalue weighted by Gasteiger charge is -2.07. The summed E-state index contributed by atoms with van der Waals surface area (Å²) in [6.45, 7) is 4.86. The fourth-order valence-corrected chi connectivity index (χ4v) is 2.43. The minimum atomic E-state index is -3.03. The zero-order chi connectivity index (χ0) is 14.5. The Labute approximate surface area is 115 Å². The second-order valence-corrected chi connectivity index (χ2v) is 7.35. The molecule has 0 saturated carbocycles. The van der Waals surface area contributed by atoms with Gasteiger partial charge in [-0.25, -0.2) is 8.42 Å². The van der Waals surface area contributed by atoms with Crippen LogP contribution < -0.4 is 5.32 Å². The number of amides is 1. The van der Waals surface area contributed by atoms with Gasteiger partial charge in [-0.2, -0.15) is 0 Å². The minimum Gasteiger partial charge on any atom is -0.352 e. The number of nitrogens with one attached hydrogen (secondary N) is 1. The molecule has 5 heteroatoms. The number of rotatable bonds is 6. The van der Waals surface area contributed by atoms with Gasteiger partial charge in [0, 0.05) is 18.4 Å². The molecule has 0 bridgehead atoms. The molecule has 0 aliphatic carbocycles. The van der Waals surface area contributed by atoms with Crippen LogP contribution in [0.3, 0.4) is 0 Å². The molecule has 0 spiro atoms. The zero-order valence-corrected chi connectivity index (χ0v) is 12.5. The molecule has 0 unspecified atom stereocenters. The van der Waals surface area contributed by atoms with Crippen molar-refractivity contribution >= 4 is 15.7 Å². The standard InChI is InChI=1S/C14H21NO3S/c1-11(2)8-9-15-14(16)13-6-4-12(5-7-13)10-19(3,17)18/h4-7,11H,8-10H2,1-3H3,(H,15,16). The SMILES string of the molecule is CC(C)CCNC(=O)c1ccc(CS(C)(=O)=O)cc1. The molecule has 1 amide bonds. The summed E-state index contributed by atoms with van der Waals surface area (Å²) in [5.41, 5.74) is 1.25. The molecule has 0 fully saturated rings. The van der Waals surface area contributed by atoms with Crippen LogP contribution in [0.1, 0.15) is 36.2 Å². The predicted octanol–water partition coefficient (Wildman–Crippen LogP) is 2.01. The molecule has 0 aliphatic rings. The van der Waals surface area contributed by atoms with Gasteiger partial charge in [0.1, 0.15) is 0 Å². The highest BCUT2D eigenvalue weighted by Gasteiger charge is 2.07. The Kier molecular flexibility index (Phi) is 5.54.